The maximum absolute atomic E-state index is 11.8. The van der Waals surface area contributed by atoms with E-state index in [9.17, 15) is 9.59 Å². The summed E-state index contributed by atoms with van der Waals surface area (Å²) in [6, 6.07) is -1.40. The van der Waals surface area contributed by atoms with Crippen LogP contribution in [0.1, 0.15) is 33.6 Å². The standard InChI is InChI=1S/C11H22N2O3/c1-5-9(11(15)16)13(4)10(14)8(12)6-7(2)3/h7-9H,5-6,12H2,1-4H3,(H,15,16). The molecule has 0 radical (unpaired) electrons. The maximum atomic E-state index is 11.8. The lowest BCUT2D eigenvalue weighted by Gasteiger charge is -2.27. The van der Waals surface area contributed by atoms with Crippen molar-refractivity contribution in [1.29, 1.82) is 0 Å². The number of rotatable bonds is 6. The number of carbonyl (C=O) groups excluding carboxylic acids is 1. The van der Waals surface area contributed by atoms with Crippen LogP contribution in [0.15, 0.2) is 0 Å². The molecule has 5 nitrogen and oxygen atoms in total. The van der Waals surface area contributed by atoms with Crippen molar-refractivity contribution >= 4 is 11.9 Å². The van der Waals surface area contributed by atoms with Gasteiger partial charge in [0, 0.05) is 7.05 Å². The smallest absolute Gasteiger partial charge is 0.326 e. The van der Waals surface area contributed by atoms with Crippen LogP contribution < -0.4 is 5.73 Å². The molecule has 0 spiro atoms. The van der Waals surface area contributed by atoms with Gasteiger partial charge in [-0.05, 0) is 18.8 Å². The zero-order valence-corrected chi connectivity index (χ0v) is 10.4. The number of aliphatic carboxylic acids is 1. The number of nitrogens with zero attached hydrogens (tertiary/aromatic N) is 1. The zero-order chi connectivity index (χ0) is 12.9. The third-order valence-corrected chi connectivity index (χ3v) is 2.53. The third-order valence-electron chi connectivity index (χ3n) is 2.53. The number of carbonyl (C=O) groups is 2. The molecule has 0 rings (SSSR count). The average Bonchev–Trinajstić information content (AvgIpc) is 2.15. The first kappa shape index (κ1) is 14.9. The van der Waals surface area contributed by atoms with E-state index < -0.39 is 18.1 Å². The van der Waals surface area contributed by atoms with Crippen LogP contribution in [0, 0.1) is 5.92 Å². The molecule has 0 aromatic heterocycles. The molecule has 94 valence electrons. The summed E-state index contributed by atoms with van der Waals surface area (Å²) in [6.07, 6.45) is 0.950. The minimum Gasteiger partial charge on any atom is -0.480 e. The molecule has 0 aliphatic rings. The highest BCUT2D eigenvalue weighted by molar-refractivity contribution is 5.86. The minimum absolute atomic E-state index is 0.303. The van der Waals surface area contributed by atoms with Gasteiger partial charge in [-0.25, -0.2) is 4.79 Å². The monoisotopic (exact) mass is 230 g/mol. The quantitative estimate of drug-likeness (QED) is 0.703. The van der Waals surface area contributed by atoms with Gasteiger partial charge in [-0.2, -0.15) is 0 Å². The van der Waals surface area contributed by atoms with Crippen LogP contribution in [0.5, 0.6) is 0 Å². The molecular formula is C11H22N2O3. The van der Waals surface area contributed by atoms with Gasteiger partial charge in [-0.1, -0.05) is 20.8 Å². The Balaban J connectivity index is 4.52. The van der Waals surface area contributed by atoms with Crippen LogP contribution >= 0.6 is 0 Å². The largest absolute Gasteiger partial charge is 0.480 e. The lowest BCUT2D eigenvalue weighted by molar-refractivity contribution is -0.149. The maximum Gasteiger partial charge on any atom is 0.326 e. The van der Waals surface area contributed by atoms with Gasteiger partial charge in [0.05, 0.1) is 6.04 Å². The molecule has 0 saturated heterocycles. The van der Waals surface area contributed by atoms with Crippen LogP contribution in [0.3, 0.4) is 0 Å². The van der Waals surface area contributed by atoms with E-state index in [0.29, 0.717) is 18.8 Å². The van der Waals surface area contributed by atoms with E-state index in [1.165, 1.54) is 11.9 Å². The number of hydrogen-bond acceptors (Lipinski definition) is 3. The number of likely N-dealkylation sites (N-methyl/N-ethyl adjacent to an activating group) is 1. The van der Waals surface area contributed by atoms with Gasteiger partial charge in [0.15, 0.2) is 0 Å². The van der Waals surface area contributed by atoms with Crippen LogP contribution in [-0.4, -0.2) is 41.0 Å². The van der Waals surface area contributed by atoms with Gasteiger partial charge in [-0.3, -0.25) is 4.79 Å². The minimum atomic E-state index is -0.991. The molecule has 0 fully saturated rings. The molecule has 0 aliphatic carbocycles. The number of carboxylic acid groups (broad SMARTS) is 1. The summed E-state index contributed by atoms with van der Waals surface area (Å²) in [7, 11) is 1.49. The Bertz CT molecular complexity index is 254. The fraction of sp³-hybridized carbons (Fsp3) is 0.818. The van der Waals surface area contributed by atoms with Gasteiger partial charge >= 0.3 is 5.97 Å². The Morgan fingerprint density at radius 1 is 1.38 bits per heavy atom. The first-order chi connectivity index (χ1) is 7.31. The lowest BCUT2D eigenvalue weighted by Crippen LogP contribution is -2.49. The highest BCUT2D eigenvalue weighted by Crippen LogP contribution is 2.09. The van der Waals surface area contributed by atoms with Crippen LogP contribution in [0.25, 0.3) is 0 Å². The van der Waals surface area contributed by atoms with E-state index in [1.807, 2.05) is 13.8 Å². The molecule has 16 heavy (non-hydrogen) atoms. The molecular weight excluding hydrogens is 208 g/mol. The van der Waals surface area contributed by atoms with E-state index >= 15 is 0 Å². The molecule has 0 saturated carbocycles. The van der Waals surface area contributed by atoms with Gasteiger partial charge in [-0.15, -0.1) is 0 Å². The Kier molecular flexibility index (Phi) is 6.03. The van der Waals surface area contributed by atoms with Crippen LogP contribution in [0.2, 0.25) is 0 Å². The number of nitrogens with two attached hydrogens (primary N) is 1. The normalized spacial score (nSPS) is 14.6. The van der Waals surface area contributed by atoms with Gasteiger partial charge < -0.3 is 15.7 Å². The molecule has 3 N–H and O–H groups in total. The van der Waals surface area contributed by atoms with Gasteiger partial charge in [0.25, 0.3) is 0 Å². The Labute approximate surface area is 96.6 Å². The Morgan fingerprint density at radius 2 is 1.88 bits per heavy atom. The topological polar surface area (TPSA) is 83.6 Å². The summed E-state index contributed by atoms with van der Waals surface area (Å²) >= 11 is 0. The van der Waals surface area contributed by atoms with Crippen molar-refractivity contribution in [2.45, 2.75) is 45.7 Å². The molecule has 0 aromatic rings. The van der Waals surface area contributed by atoms with Gasteiger partial charge in [0.1, 0.15) is 6.04 Å². The van der Waals surface area contributed by atoms with E-state index in [1.54, 1.807) is 6.92 Å². The second kappa shape index (κ2) is 6.48. The number of amides is 1. The molecule has 1 amide bonds. The second-order valence-electron chi connectivity index (χ2n) is 4.45. The van der Waals surface area contributed by atoms with Crippen molar-refractivity contribution < 1.29 is 14.7 Å². The number of hydrogen-bond donors (Lipinski definition) is 2. The highest BCUT2D eigenvalue weighted by atomic mass is 16.4. The van der Waals surface area contributed by atoms with E-state index in [0.717, 1.165) is 0 Å². The van der Waals surface area contributed by atoms with E-state index in [-0.39, 0.29) is 5.91 Å². The SMILES string of the molecule is CCC(C(=O)O)N(C)C(=O)C(N)CC(C)C. The third kappa shape index (κ3) is 4.18. The molecule has 0 heterocycles. The second-order valence-corrected chi connectivity index (χ2v) is 4.45. The van der Waals surface area contributed by atoms with Crippen molar-refractivity contribution in [3.63, 3.8) is 0 Å². The van der Waals surface area contributed by atoms with Crippen molar-refractivity contribution in [2.75, 3.05) is 7.05 Å². The number of carboxylic acids is 1. The fourth-order valence-electron chi connectivity index (χ4n) is 1.64. The van der Waals surface area contributed by atoms with Crippen molar-refractivity contribution in [2.24, 2.45) is 11.7 Å². The first-order valence-corrected chi connectivity index (χ1v) is 5.56. The molecule has 0 aromatic carbocycles. The summed E-state index contributed by atoms with van der Waals surface area (Å²) in [5.41, 5.74) is 5.73. The van der Waals surface area contributed by atoms with Crippen LogP contribution in [-0.2, 0) is 9.59 Å². The predicted octanol–water partition coefficient (Wildman–Crippen LogP) is 0.681. The Morgan fingerprint density at radius 3 is 2.19 bits per heavy atom. The summed E-state index contributed by atoms with van der Waals surface area (Å²) in [5.74, 6) is -0.977. The Hall–Kier alpha value is -1.10. The average molecular weight is 230 g/mol. The van der Waals surface area contributed by atoms with E-state index in [2.05, 4.69) is 0 Å². The summed E-state index contributed by atoms with van der Waals surface area (Å²) < 4.78 is 0. The summed E-state index contributed by atoms with van der Waals surface area (Å²) in [4.78, 5) is 23.9. The molecule has 5 heteroatoms. The van der Waals surface area contributed by atoms with Crippen LogP contribution in [0.4, 0.5) is 0 Å². The van der Waals surface area contributed by atoms with Crippen molar-refractivity contribution in [3.8, 4) is 0 Å². The van der Waals surface area contributed by atoms with Crippen molar-refractivity contribution in [3.05, 3.63) is 0 Å². The molecule has 2 unspecified atom stereocenters. The zero-order valence-electron chi connectivity index (χ0n) is 10.4. The molecule has 0 aliphatic heterocycles. The predicted molar refractivity (Wildman–Crippen MR) is 61.9 cm³/mol. The first-order valence-electron chi connectivity index (χ1n) is 5.56. The summed E-state index contributed by atoms with van der Waals surface area (Å²) in [6.45, 7) is 5.68. The van der Waals surface area contributed by atoms with Gasteiger partial charge in [0.2, 0.25) is 5.91 Å². The lowest BCUT2D eigenvalue weighted by atomic mass is 10.0. The molecule has 2 atom stereocenters. The fourth-order valence-corrected chi connectivity index (χ4v) is 1.64. The highest BCUT2D eigenvalue weighted by Gasteiger charge is 2.28. The van der Waals surface area contributed by atoms with E-state index in [4.69, 9.17) is 10.8 Å². The summed E-state index contributed by atoms with van der Waals surface area (Å²) in [5, 5.41) is 8.92. The molecule has 0 bridgehead atoms. The van der Waals surface area contributed by atoms with Crippen molar-refractivity contribution in [1.82, 2.24) is 4.90 Å².